The molecule has 11 heteroatoms. The molecule has 0 radical (unpaired) electrons. The van der Waals surface area contributed by atoms with E-state index in [4.69, 9.17) is 0 Å². The first-order valence-electron chi connectivity index (χ1n) is 10.4. The molecular formula is C22H21F3N4O3S. The lowest BCUT2D eigenvalue weighted by atomic mass is 10.1. The third-order valence-corrected chi connectivity index (χ3v) is 7.36. The van der Waals surface area contributed by atoms with Crippen molar-refractivity contribution in [1.82, 2.24) is 14.3 Å². The molecule has 1 aromatic carbocycles. The second-order valence-electron chi connectivity index (χ2n) is 7.97. The molecule has 2 heterocycles. The Labute approximate surface area is 188 Å². The minimum Gasteiger partial charge on any atom is -0.505 e. The number of pyridine rings is 1. The summed E-state index contributed by atoms with van der Waals surface area (Å²) >= 11 is 0. The van der Waals surface area contributed by atoms with Crippen LogP contribution in [-0.4, -0.2) is 42.5 Å². The molecule has 2 aromatic heterocycles. The molecular weight excluding hydrogens is 457 g/mol. The van der Waals surface area contributed by atoms with E-state index in [-0.39, 0.29) is 22.2 Å². The second-order valence-corrected chi connectivity index (χ2v) is 9.68. The van der Waals surface area contributed by atoms with Gasteiger partial charge in [-0.1, -0.05) is 12.8 Å². The quantitative estimate of drug-likeness (QED) is 0.531. The summed E-state index contributed by atoms with van der Waals surface area (Å²) in [6.07, 6.45) is 4.63. The maximum atomic E-state index is 14.1. The van der Waals surface area contributed by atoms with E-state index in [1.807, 2.05) is 9.29 Å². The Morgan fingerprint density at radius 3 is 2.52 bits per heavy atom. The van der Waals surface area contributed by atoms with Crippen LogP contribution in [-0.2, 0) is 10.0 Å². The number of nitriles is 1. The van der Waals surface area contributed by atoms with Gasteiger partial charge in [-0.15, -0.1) is 0 Å². The third-order valence-electron chi connectivity index (χ3n) is 5.86. The van der Waals surface area contributed by atoms with Gasteiger partial charge in [-0.05, 0) is 31.0 Å². The topological polar surface area (TPSA) is 108 Å². The first-order chi connectivity index (χ1) is 15.8. The van der Waals surface area contributed by atoms with Gasteiger partial charge < -0.3 is 9.67 Å². The largest absolute Gasteiger partial charge is 0.505 e. The fraction of sp³-hybridized carbons (Fsp3) is 0.364. The smallest absolute Gasteiger partial charge is 0.242 e. The SMILES string of the molecule is N#Cc1c(-c2ccc(S(=O)(=O)NC(CF)CF)cn2)n(C2CCCC2)c2cc(O)c(F)cc12. The zero-order valence-corrected chi connectivity index (χ0v) is 18.2. The van der Waals surface area contributed by atoms with Crippen molar-refractivity contribution in [3.05, 3.63) is 41.8 Å². The molecule has 1 fully saturated rings. The summed E-state index contributed by atoms with van der Waals surface area (Å²) in [6, 6.07) is 5.61. The molecule has 7 nitrogen and oxygen atoms in total. The van der Waals surface area contributed by atoms with Crippen LogP contribution in [0.3, 0.4) is 0 Å². The second kappa shape index (κ2) is 9.03. The number of hydrogen-bond acceptors (Lipinski definition) is 5. The summed E-state index contributed by atoms with van der Waals surface area (Å²) in [5, 5.41) is 20.2. The maximum absolute atomic E-state index is 14.1. The first kappa shape index (κ1) is 23.1. The normalized spacial score (nSPS) is 14.9. The van der Waals surface area contributed by atoms with Gasteiger partial charge in [-0.2, -0.15) is 5.26 Å². The van der Waals surface area contributed by atoms with Crippen LogP contribution in [0.2, 0.25) is 0 Å². The van der Waals surface area contributed by atoms with Gasteiger partial charge >= 0.3 is 0 Å². The number of phenols is 1. The van der Waals surface area contributed by atoms with Gasteiger partial charge in [0.1, 0.15) is 24.3 Å². The average molecular weight is 478 g/mol. The first-order valence-corrected chi connectivity index (χ1v) is 11.9. The minimum atomic E-state index is -4.21. The number of nitrogens with one attached hydrogen (secondary N) is 1. The highest BCUT2D eigenvalue weighted by atomic mass is 32.2. The van der Waals surface area contributed by atoms with E-state index in [2.05, 4.69) is 11.1 Å². The average Bonchev–Trinajstić information content (AvgIpc) is 3.44. The summed E-state index contributed by atoms with van der Waals surface area (Å²) in [5.74, 6) is -1.39. The minimum absolute atomic E-state index is 0.00352. The molecule has 1 saturated carbocycles. The highest BCUT2D eigenvalue weighted by Crippen LogP contribution is 2.42. The highest BCUT2D eigenvalue weighted by Gasteiger charge is 2.28. The number of aromatic hydroxyl groups is 1. The molecule has 2 N–H and O–H groups in total. The van der Waals surface area contributed by atoms with E-state index in [0.717, 1.165) is 37.9 Å². The number of nitrogens with zero attached hydrogens (tertiary/aromatic N) is 3. The Hall–Kier alpha value is -3.10. The molecule has 0 saturated heterocycles. The van der Waals surface area contributed by atoms with Gasteiger partial charge in [0.15, 0.2) is 11.6 Å². The number of aromatic nitrogens is 2. The van der Waals surface area contributed by atoms with Crippen molar-refractivity contribution in [1.29, 1.82) is 5.26 Å². The van der Waals surface area contributed by atoms with Gasteiger partial charge in [0.2, 0.25) is 10.0 Å². The van der Waals surface area contributed by atoms with Crippen molar-refractivity contribution >= 4 is 20.9 Å². The van der Waals surface area contributed by atoms with E-state index in [9.17, 15) is 32.0 Å². The predicted molar refractivity (Wildman–Crippen MR) is 115 cm³/mol. The number of alkyl halides is 2. The van der Waals surface area contributed by atoms with Crippen LogP contribution >= 0.6 is 0 Å². The van der Waals surface area contributed by atoms with Crippen molar-refractivity contribution < 1.29 is 26.7 Å². The molecule has 1 aliphatic rings. The van der Waals surface area contributed by atoms with Crippen molar-refractivity contribution in [3.63, 3.8) is 0 Å². The maximum Gasteiger partial charge on any atom is 0.242 e. The Kier molecular flexibility index (Phi) is 6.32. The summed E-state index contributed by atoms with van der Waals surface area (Å²) in [7, 11) is -4.21. The van der Waals surface area contributed by atoms with Crippen molar-refractivity contribution in [2.24, 2.45) is 0 Å². The molecule has 33 heavy (non-hydrogen) atoms. The fourth-order valence-corrected chi connectivity index (χ4v) is 5.44. The van der Waals surface area contributed by atoms with Crippen LogP contribution < -0.4 is 4.72 Å². The lowest BCUT2D eigenvalue weighted by molar-refractivity contribution is 0.334. The molecule has 174 valence electrons. The van der Waals surface area contributed by atoms with E-state index >= 15 is 0 Å². The zero-order chi connectivity index (χ0) is 23.8. The Balaban J connectivity index is 1.86. The van der Waals surface area contributed by atoms with Gasteiger partial charge in [-0.25, -0.2) is 26.3 Å². The molecule has 0 atom stereocenters. The van der Waals surface area contributed by atoms with E-state index in [0.29, 0.717) is 16.6 Å². The monoisotopic (exact) mass is 478 g/mol. The number of hydrogen-bond donors (Lipinski definition) is 2. The summed E-state index contributed by atoms with van der Waals surface area (Å²) < 4.78 is 68.3. The van der Waals surface area contributed by atoms with Crippen LogP contribution in [0.1, 0.15) is 37.3 Å². The fourth-order valence-electron chi connectivity index (χ4n) is 4.30. The molecule has 3 aromatic rings. The molecule has 4 rings (SSSR count). The number of phenolic OH excluding ortho intramolecular Hbond substituents is 1. The van der Waals surface area contributed by atoms with Crippen LogP contribution in [0, 0.1) is 17.1 Å². The number of sulfonamides is 1. The van der Waals surface area contributed by atoms with Crippen LogP contribution in [0.15, 0.2) is 35.4 Å². The lowest BCUT2D eigenvalue weighted by Gasteiger charge is -2.18. The summed E-state index contributed by atoms with van der Waals surface area (Å²) in [6.45, 7) is -2.39. The van der Waals surface area contributed by atoms with E-state index < -0.39 is 41.0 Å². The molecule has 0 unspecified atom stereocenters. The Morgan fingerprint density at radius 1 is 1.24 bits per heavy atom. The van der Waals surface area contributed by atoms with Gasteiger partial charge in [0.05, 0.1) is 28.5 Å². The number of fused-ring (bicyclic) bond motifs is 1. The van der Waals surface area contributed by atoms with Crippen molar-refractivity contribution in [3.8, 4) is 23.2 Å². The van der Waals surface area contributed by atoms with E-state index in [1.165, 1.54) is 18.2 Å². The molecule has 1 aliphatic carbocycles. The molecule has 0 spiro atoms. The van der Waals surface area contributed by atoms with Crippen molar-refractivity contribution in [2.45, 2.75) is 42.7 Å². The van der Waals surface area contributed by atoms with Gasteiger partial charge in [0.25, 0.3) is 0 Å². The third kappa shape index (κ3) is 4.16. The van der Waals surface area contributed by atoms with Gasteiger partial charge in [0, 0.05) is 23.7 Å². The summed E-state index contributed by atoms with van der Waals surface area (Å²) in [4.78, 5) is 3.93. The Morgan fingerprint density at radius 2 is 1.94 bits per heavy atom. The standard InChI is InChI=1S/C22H21F3N4O3S/c23-9-13(10-24)28-33(31,32)15-5-6-19(27-12-15)22-17(11-26)16-7-18(25)21(30)8-20(16)29(22)14-3-1-2-4-14/h5-8,12-14,28,30H,1-4,9-10H2. The molecule has 0 bridgehead atoms. The number of rotatable bonds is 7. The highest BCUT2D eigenvalue weighted by molar-refractivity contribution is 7.89. The van der Waals surface area contributed by atoms with Crippen LogP contribution in [0.25, 0.3) is 22.3 Å². The Bertz CT molecular complexity index is 1320. The molecule has 0 aliphatic heterocycles. The predicted octanol–water partition coefficient (Wildman–Crippen LogP) is 4.12. The summed E-state index contributed by atoms with van der Waals surface area (Å²) in [5.41, 5.74) is 1.32. The van der Waals surface area contributed by atoms with Gasteiger partial charge in [-0.3, -0.25) is 4.98 Å². The van der Waals surface area contributed by atoms with Crippen LogP contribution in [0.5, 0.6) is 5.75 Å². The van der Waals surface area contributed by atoms with Crippen molar-refractivity contribution in [2.75, 3.05) is 13.3 Å². The zero-order valence-electron chi connectivity index (χ0n) is 17.4. The number of benzene rings is 1. The van der Waals surface area contributed by atoms with Crippen LogP contribution in [0.4, 0.5) is 13.2 Å². The lowest BCUT2D eigenvalue weighted by Crippen LogP contribution is -2.37. The molecule has 0 amide bonds. The van der Waals surface area contributed by atoms with E-state index in [1.54, 1.807) is 0 Å². The number of halogens is 3.